The van der Waals surface area contributed by atoms with Gasteiger partial charge in [-0.2, -0.15) is 5.11 Å². The second-order valence-corrected chi connectivity index (χ2v) is 3.87. The molecule has 0 heterocycles. The maximum absolute atomic E-state index is 8.78. The van der Waals surface area contributed by atoms with Crippen molar-refractivity contribution >= 4 is 0 Å². The Balaban J connectivity index is 2.74. The molecule has 2 N–H and O–H groups in total. The van der Waals surface area contributed by atoms with Crippen LogP contribution in [0.1, 0.15) is 30.9 Å². The lowest BCUT2D eigenvalue weighted by molar-refractivity contribution is 0.299. The summed E-state index contributed by atoms with van der Waals surface area (Å²) in [5, 5.41) is 12.3. The van der Waals surface area contributed by atoms with Crippen molar-refractivity contribution in [3.8, 4) is 0 Å². The largest absolute Gasteiger partial charge is 0.396 e. The molecule has 1 aromatic carbocycles. The monoisotopic (exact) mass is 206 g/mol. The Morgan fingerprint density at radius 3 is 2.33 bits per heavy atom. The van der Waals surface area contributed by atoms with Crippen LogP contribution < -0.4 is 0 Å². The number of aliphatic hydroxyl groups is 1. The second-order valence-electron chi connectivity index (χ2n) is 3.87. The summed E-state index contributed by atoms with van der Waals surface area (Å²) in [5.41, 5.74) is 9.33. The third-order valence-corrected chi connectivity index (χ3v) is 2.83. The Morgan fingerprint density at radius 2 is 1.87 bits per heavy atom. The van der Waals surface area contributed by atoms with Crippen molar-refractivity contribution in [2.24, 2.45) is 5.11 Å². The van der Waals surface area contributed by atoms with Gasteiger partial charge in [0.1, 0.15) is 0 Å². The zero-order valence-corrected chi connectivity index (χ0v) is 9.27. The van der Waals surface area contributed by atoms with Crippen LogP contribution in [0.4, 0.5) is 0 Å². The summed E-state index contributed by atoms with van der Waals surface area (Å²) in [6.45, 7) is 4.20. The van der Waals surface area contributed by atoms with Gasteiger partial charge in [-0.15, -0.1) is 0 Å². The fourth-order valence-electron chi connectivity index (χ4n) is 1.51. The third kappa shape index (κ3) is 3.13. The minimum atomic E-state index is 0.0219. The molecular formula is C12H18N2O. The van der Waals surface area contributed by atoms with Crippen LogP contribution in [-0.2, 0) is 6.42 Å². The molecule has 82 valence electrons. The first-order valence-electron chi connectivity index (χ1n) is 5.25. The van der Waals surface area contributed by atoms with Gasteiger partial charge in [0.15, 0.2) is 0 Å². The lowest BCUT2D eigenvalue weighted by Crippen LogP contribution is -2.08. The summed E-state index contributed by atoms with van der Waals surface area (Å²) >= 11 is 0. The Kier molecular flexibility index (Phi) is 4.43. The molecular weight excluding hydrogens is 188 g/mol. The number of nitrogens with one attached hydrogen (secondary N) is 1. The molecule has 0 aliphatic rings. The van der Waals surface area contributed by atoms with Crippen LogP contribution in [0.3, 0.4) is 0 Å². The first-order valence-corrected chi connectivity index (χ1v) is 5.25. The SMILES string of the molecule is CC(N=N)C(C)c1ccc(CCO)cc1. The van der Waals surface area contributed by atoms with E-state index in [4.69, 9.17) is 10.6 Å². The minimum Gasteiger partial charge on any atom is -0.396 e. The van der Waals surface area contributed by atoms with Crippen molar-refractivity contribution in [2.75, 3.05) is 6.61 Å². The van der Waals surface area contributed by atoms with Crippen molar-refractivity contribution in [3.63, 3.8) is 0 Å². The number of benzene rings is 1. The summed E-state index contributed by atoms with van der Waals surface area (Å²) in [6.07, 6.45) is 0.701. The van der Waals surface area contributed by atoms with Crippen LogP contribution in [0.2, 0.25) is 0 Å². The molecule has 1 aromatic rings. The van der Waals surface area contributed by atoms with Crippen LogP contribution in [0.25, 0.3) is 0 Å². The van der Waals surface area contributed by atoms with E-state index in [2.05, 4.69) is 24.2 Å². The van der Waals surface area contributed by atoms with Gasteiger partial charge in [0.2, 0.25) is 0 Å². The van der Waals surface area contributed by atoms with Crippen LogP contribution in [0, 0.1) is 5.53 Å². The predicted octanol–water partition coefficient (Wildman–Crippen LogP) is 2.74. The molecule has 0 amide bonds. The molecule has 0 radical (unpaired) electrons. The van der Waals surface area contributed by atoms with Gasteiger partial charge in [-0.25, -0.2) is 5.53 Å². The van der Waals surface area contributed by atoms with Gasteiger partial charge in [-0.1, -0.05) is 31.2 Å². The van der Waals surface area contributed by atoms with E-state index in [0.717, 1.165) is 5.56 Å². The van der Waals surface area contributed by atoms with E-state index in [-0.39, 0.29) is 18.6 Å². The predicted molar refractivity (Wildman–Crippen MR) is 60.3 cm³/mol. The maximum Gasteiger partial charge on any atom is 0.0743 e. The van der Waals surface area contributed by atoms with Crippen molar-refractivity contribution in [1.82, 2.24) is 0 Å². The van der Waals surface area contributed by atoms with Crippen molar-refractivity contribution < 1.29 is 5.11 Å². The molecule has 0 aliphatic heterocycles. The molecule has 0 fully saturated rings. The van der Waals surface area contributed by atoms with E-state index >= 15 is 0 Å². The van der Waals surface area contributed by atoms with Gasteiger partial charge in [-0.3, -0.25) is 0 Å². The van der Waals surface area contributed by atoms with Crippen LogP contribution in [0.15, 0.2) is 29.4 Å². The highest BCUT2D eigenvalue weighted by Gasteiger charge is 2.12. The zero-order valence-electron chi connectivity index (χ0n) is 9.27. The first kappa shape index (κ1) is 11.9. The molecule has 0 saturated heterocycles. The average molecular weight is 206 g/mol. The van der Waals surface area contributed by atoms with E-state index in [0.29, 0.717) is 6.42 Å². The molecule has 0 aliphatic carbocycles. The molecule has 2 unspecified atom stereocenters. The highest BCUT2D eigenvalue weighted by Crippen LogP contribution is 2.21. The van der Waals surface area contributed by atoms with Gasteiger partial charge in [-0.05, 0) is 24.5 Å². The molecule has 0 bridgehead atoms. The Bertz CT molecular complexity index is 308. The maximum atomic E-state index is 8.78. The summed E-state index contributed by atoms with van der Waals surface area (Å²) < 4.78 is 0. The lowest BCUT2D eigenvalue weighted by atomic mass is 9.94. The van der Waals surface area contributed by atoms with Crippen molar-refractivity contribution in [3.05, 3.63) is 35.4 Å². The average Bonchev–Trinajstić information content (AvgIpc) is 2.28. The molecule has 3 nitrogen and oxygen atoms in total. The number of rotatable bonds is 5. The summed E-state index contributed by atoms with van der Waals surface area (Å²) in [4.78, 5) is 0. The fraction of sp³-hybridized carbons (Fsp3) is 0.500. The standard InChI is InChI=1S/C12H18N2O/c1-9(10(2)14-13)12-5-3-11(4-6-12)7-8-15/h3-6,9-10,13,15H,7-8H2,1-2H3. The molecule has 0 aromatic heterocycles. The van der Waals surface area contributed by atoms with Crippen LogP contribution >= 0.6 is 0 Å². The van der Waals surface area contributed by atoms with E-state index in [1.54, 1.807) is 0 Å². The molecule has 3 heteroatoms. The van der Waals surface area contributed by atoms with Gasteiger partial charge in [0.25, 0.3) is 0 Å². The Morgan fingerprint density at radius 1 is 1.27 bits per heavy atom. The van der Waals surface area contributed by atoms with Crippen molar-refractivity contribution in [1.29, 1.82) is 5.53 Å². The highest BCUT2D eigenvalue weighted by atomic mass is 16.2. The van der Waals surface area contributed by atoms with Gasteiger partial charge in [0, 0.05) is 12.5 Å². The van der Waals surface area contributed by atoms with Gasteiger partial charge < -0.3 is 5.11 Å². The van der Waals surface area contributed by atoms with Gasteiger partial charge >= 0.3 is 0 Å². The van der Waals surface area contributed by atoms with Crippen LogP contribution in [-0.4, -0.2) is 17.8 Å². The zero-order chi connectivity index (χ0) is 11.3. The molecule has 0 spiro atoms. The number of hydrogen-bond acceptors (Lipinski definition) is 3. The third-order valence-electron chi connectivity index (χ3n) is 2.83. The second kappa shape index (κ2) is 5.61. The quantitative estimate of drug-likeness (QED) is 0.715. The van der Waals surface area contributed by atoms with E-state index < -0.39 is 0 Å². The Labute approximate surface area is 90.7 Å². The van der Waals surface area contributed by atoms with E-state index in [9.17, 15) is 0 Å². The number of aliphatic hydroxyl groups excluding tert-OH is 1. The molecule has 2 atom stereocenters. The Hall–Kier alpha value is -1.22. The van der Waals surface area contributed by atoms with Crippen molar-refractivity contribution in [2.45, 2.75) is 32.2 Å². The fourth-order valence-corrected chi connectivity index (χ4v) is 1.51. The molecule has 15 heavy (non-hydrogen) atoms. The lowest BCUT2D eigenvalue weighted by Gasteiger charge is -2.15. The van der Waals surface area contributed by atoms with E-state index in [1.165, 1.54) is 5.56 Å². The summed E-state index contributed by atoms with van der Waals surface area (Å²) in [6, 6.07) is 8.18. The smallest absolute Gasteiger partial charge is 0.0743 e. The van der Waals surface area contributed by atoms with E-state index in [1.807, 2.05) is 19.1 Å². The first-order chi connectivity index (χ1) is 7.19. The normalized spacial score (nSPS) is 14.6. The number of hydrogen-bond donors (Lipinski definition) is 2. The molecule has 0 saturated carbocycles. The summed E-state index contributed by atoms with van der Waals surface area (Å²) in [5.74, 6) is 0.269. The number of nitrogens with zero attached hydrogens (tertiary/aromatic N) is 1. The highest BCUT2D eigenvalue weighted by molar-refractivity contribution is 5.26. The molecule has 1 rings (SSSR count). The van der Waals surface area contributed by atoms with Gasteiger partial charge in [0.05, 0.1) is 6.04 Å². The summed E-state index contributed by atoms with van der Waals surface area (Å²) in [7, 11) is 0. The van der Waals surface area contributed by atoms with Crippen LogP contribution in [0.5, 0.6) is 0 Å². The minimum absolute atomic E-state index is 0.0219. The topological polar surface area (TPSA) is 56.4 Å².